The summed E-state index contributed by atoms with van der Waals surface area (Å²) in [5, 5.41) is 23.0. The van der Waals surface area contributed by atoms with Crippen LogP contribution < -0.4 is 22.9 Å². The number of halogens is 16. The molecule has 0 amide bonds. The molecule has 12 heterocycles. The molecular formula is C103H97F16N11O12S6. The van der Waals surface area contributed by atoms with Crippen molar-refractivity contribution in [1.82, 2.24) is 0 Å². The Morgan fingerprint density at radius 2 is 0.595 bits per heavy atom. The summed E-state index contributed by atoms with van der Waals surface area (Å²) < 4.78 is 256. The van der Waals surface area contributed by atoms with Gasteiger partial charge in [0.1, 0.15) is 59.9 Å². The fraction of sp³-hybridized carbons (Fsp3) is 0.388. The average molecular weight is 2180 g/mol. The summed E-state index contributed by atoms with van der Waals surface area (Å²) in [6, 6.07) is 46.4. The Labute approximate surface area is 863 Å². The maximum absolute atomic E-state index is 14.7. The summed E-state index contributed by atoms with van der Waals surface area (Å²) in [4.78, 5) is 74.9. The topological polar surface area (TPSA) is 348 Å². The van der Waals surface area contributed by atoms with Gasteiger partial charge in [-0.25, -0.2) is 85.2 Å². The van der Waals surface area contributed by atoms with Crippen molar-refractivity contribution in [2.45, 2.75) is 102 Å². The molecule has 9 aromatic rings. The average Bonchev–Trinajstić information content (AvgIpc) is 1.61. The number of ether oxygens (including phenoxy) is 6. The number of carbonyl (C=O) groups excluding carboxylic acids is 3. The third-order valence-electron chi connectivity index (χ3n) is 28.2. The second-order valence-corrected chi connectivity index (χ2v) is 42.8. The zero-order valence-corrected chi connectivity index (χ0v) is 83.4. The number of nitrogens with zero attached hydrogens (tertiary/aromatic N) is 7. The Hall–Kier alpha value is -10.7. The van der Waals surface area contributed by atoms with E-state index in [0.717, 1.165) is 54.6 Å². The van der Waals surface area contributed by atoms with Gasteiger partial charge in [-0.2, -0.15) is 0 Å². The van der Waals surface area contributed by atoms with Crippen LogP contribution in [0.5, 0.6) is 0 Å². The smallest absolute Gasteiger partial charge is 0.272 e. The number of nitro groups is 1. The van der Waals surface area contributed by atoms with E-state index in [1.54, 1.807) is 66.7 Å². The van der Waals surface area contributed by atoms with Crippen LogP contribution in [0, 0.1) is 115 Å². The van der Waals surface area contributed by atoms with Crippen LogP contribution in [0.4, 0.5) is 81.6 Å². The third kappa shape index (κ3) is 22.0. The fourth-order valence-electron chi connectivity index (χ4n) is 20.6. The van der Waals surface area contributed by atoms with Gasteiger partial charge in [-0.15, -0.1) is 35.3 Å². The number of carbonyl (C=O) groups is 3. The number of hydrogen-bond acceptors (Lipinski definition) is 28. The molecule has 0 radical (unpaired) electrons. The molecular weight excluding hydrogens is 2080 g/mol. The first kappa shape index (κ1) is 110. The number of ketones is 3. The number of fused-ring (bicyclic) bond motifs is 6. The van der Waals surface area contributed by atoms with E-state index in [2.05, 4.69) is 20.0 Å². The van der Waals surface area contributed by atoms with Gasteiger partial charge in [0.2, 0.25) is 0 Å². The van der Waals surface area contributed by atoms with Gasteiger partial charge in [0, 0.05) is 132 Å². The number of aliphatic hydroxyl groups excluding tert-OH is 1. The number of hydrogen-bond donors (Lipinski definition) is 5. The molecule has 148 heavy (non-hydrogen) atoms. The summed E-state index contributed by atoms with van der Waals surface area (Å²) in [5.41, 5.74) is 17.0. The highest BCUT2D eigenvalue weighted by Gasteiger charge is 2.61. The minimum atomic E-state index is -1.46. The van der Waals surface area contributed by atoms with Gasteiger partial charge in [-0.3, -0.25) is 39.5 Å². The summed E-state index contributed by atoms with van der Waals surface area (Å²) in [5.74, 6) is -11.9. The number of aliphatic hydroxyl groups is 1. The summed E-state index contributed by atoms with van der Waals surface area (Å²) in [6.45, 7) is -1.22. The monoisotopic (exact) mass is 2180 g/mol. The van der Waals surface area contributed by atoms with E-state index < -0.39 is 189 Å². The number of nitrogen functional groups attached to an aromatic ring is 1. The molecule has 23 nitrogen and oxygen atoms in total. The molecule has 9 aromatic carbocycles. The van der Waals surface area contributed by atoms with E-state index in [1.807, 2.05) is 37.3 Å². The minimum absolute atomic E-state index is 0.00782. The molecule has 6 saturated heterocycles. The van der Waals surface area contributed by atoms with E-state index in [-0.39, 0.29) is 161 Å². The molecule has 0 saturated carbocycles. The molecule has 9 N–H and O–H groups in total. The Morgan fingerprint density at radius 3 is 0.892 bits per heavy atom. The number of nitrogens with two attached hydrogens (primary N) is 4. The van der Waals surface area contributed by atoms with Crippen molar-refractivity contribution in [3.63, 3.8) is 0 Å². The number of thioether (sulfide) groups is 6. The SMILES string of the molecule is CC[C@H]1OC[C@]2(c3cccc(F)c3F)N=C(CC(=O)c3ccccc3)SC[C@H]12.NC1=N[C@@]2(c3cc(N)cc(F)c3F)CO[C@H](CF)[C@H]2CS1.NC1=N[C@@]2(c3cc([N+](=O)[O-])cc(F)c3F)CO[C@H](CF)[C@H]2CS1.NC1=N[C@@]2(c3cccc(F)c3F)CO[C@H](CF)[C@H]2CS1.O=C(CC1=N[C@@]2(c3cccc(F)c3F)CO[C@H](CF)[C@H]2CS1)c1ccccc1.O=C(CC1=N[C@@]2(c3cccc(F)c3F)CO[C@H](CO)[C@H]2CS1)c1ccccc1. The number of benzene rings is 9. The first-order valence-corrected chi connectivity index (χ1v) is 52.6. The number of alkyl halides is 4. The Bertz CT molecular complexity index is 6280. The van der Waals surface area contributed by atoms with Crippen molar-refractivity contribution in [2.24, 2.45) is 82.7 Å². The van der Waals surface area contributed by atoms with E-state index in [0.29, 0.717) is 72.4 Å². The Balaban J connectivity index is 0.000000127. The normalized spacial score (nSPS) is 28.7. The second kappa shape index (κ2) is 47.1. The van der Waals surface area contributed by atoms with Crippen LogP contribution in [0.2, 0.25) is 0 Å². The lowest BCUT2D eigenvalue weighted by molar-refractivity contribution is -0.385. The van der Waals surface area contributed by atoms with Crippen molar-refractivity contribution in [1.29, 1.82) is 0 Å². The zero-order chi connectivity index (χ0) is 105. The maximum atomic E-state index is 14.7. The van der Waals surface area contributed by atoms with E-state index in [4.69, 9.17) is 61.3 Å². The first-order valence-electron chi connectivity index (χ1n) is 46.6. The highest BCUT2D eigenvalue weighted by molar-refractivity contribution is 8.15. The standard InChI is InChI=1S/C22H21F2NO2S.C21H18F3NO2S.C21H19F2NO3S.C13H12F3N3O3S.C13H14F3N3OS.C13H13F3N2OS/c1-2-19-16-12-28-20(11-18(26)14-7-4-3-5-8-14)25-22(16,13-27-19)15-9-6-10-17(23)21(15)24;22-10-18-15-11-28-19(9-17(26)13-5-2-1-3-6-13)25-21(15,12-27-18)14-7-4-8-16(23)20(14)24;22-16-8-4-7-14(20(16)23)21-12-27-18(10-25)15(21)11-28-19(24-21)9-17(26)13-5-2-1-3-6-13;14-3-10-8-4-23-12(17)18-13(8,5-22-10)7-1-6(19(20)21)2-9(15)11(7)16;14-3-10-8-4-21-12(18)19-13(8,5-20-10)7-1-6(17)2-9(15)11(7)16;14-4-10-8-5-20-12(17)18-13(8,6-19-10)7-2-1-3-9(15)11(7)16/h3-10,16,19H,2,11-13H2,1H3;1-8,15,18H,9-12H2;1-8,15,18,25H,9-12H2;1-2,8,10H,3-5H2,(H2,17,18);1-2,8,10H,3-5,17H2,(H2,18,19);1-3,8,10H,4-6H2,(H2,17,18)/t16-,19-,22-;2*15-,18-,21-;3*8-,10-,13-/m111111/s1. The predicted octanol–water partition coefficient (Wildman–Crippen LogP) is 19.3. The number of anilines is 1. The van der Waals surface area contributed by atoms with Crippen molar-refractivity contribution >= 4 is 130 Å². The lowest BCUT2D eigenvalue weighted by Gasteiger charge is -2.36. The van der Waals surface area contributed by atoms with E-state index >= 15 is 0 Å². The minimum Gasteiger partial charge on any atom is -0.399 e. The fourth-order valence-corrected chi connectivity index (χ4v) is 27.8. The Morgan fingerprint density at radius 1 is 0.338 bits per heavy atom. The van der Waals surface area contributed by atoms with E-state index in [9.17, 15) is 99.9 Å². The molecule has 12 aliphatic rings. The van der Waals surface area contributed by atoms with Gasteiger partial charge in [0.05, 0.1) is 128 Å². The predicted molar refractivity (Wildman–Crippen MR) is 538 cm³/mol. The molecule has 784 valence electrons. The Kier molecular flexibility index (Phi) is 35.0. The first-order chi connectivity index (χ1) is 71.1. The lowest BCUT2D eigenvalue weighted by Crippen LogP contribution is -2.43. The zero-order valence-electron chi connectivity index (χ0n) is 78.6. The number of Topliss-reactive ketones (excluding diaryl/α,β-unsaturated/α-hetero) is 3. The van der Waals surface area contributed by atoms with Gasteiger partial charge < -0.3 is 56.5 Å². The molecule has 0 aliphatic carbocycles. The maximum Gasteiger partial charge on any atom is 0.272 e. The quantitative estimate of drug-likeness (QED) is 0.0138. The van der Waals surface area contributed by atoms with Crippen LogP contribution in [0.1, 0.15) is 97.1 Å². The van der Waals surface area contributed by atoms with Crippen molar-refractivity contribution in [2.75, 3.05) is 113 Å². The number of non-ortho nitro benzene ring substituents is 1. The largest absolute Gasteiger partial charge is 0.399 e. The van der Waals surface area contributed by atoms with Crippen LogP contribution in [-0.4, -0.2) is 202 Å². The molecule has 0 bridgehead atoms. The number of amidine groups is 3. The van der Waals surface area contributed by atoms with Crippen LogP contribution in [0.25, 0.3) is 0 Å². The lowest BCUT2D eigenvalue weighted by atomic mass is 9.78. The second-order valence-electron chi connectivity index (χ2n) is 36.4. The molecule has 45 heteroatoms. The highest BCUT2D eigenvalue weighted by atomic mass is 32.2. The number of rotatable bonds is 22. The summed E-state index contributed by atoms with van der Waals surface area (Å²) in [7, 11) is 0. The molecule has 0 unspecified atom stereocenters. The van der Waals surface area contributed by atoms with E-state index in [1.165, 1.54) is 107 Å². The van der Waals surface area contributed by atoms with Crippen LogP contribution in [0.15, 0.2) is 218 Å². The molecule has 6 fully saturated rings. The van der Waals surface area contributed by atoms with Gasteiger partial charge >= 0.3 is 0 Å². The summed E-state index contributed by atoms with van der Waals surface area (Å²) in [6.07, 6.45) is -2.46. The van der Waals surface area contributed by atoms with Gasteiger partial charge in [-0.05, 0) is 42.8 Å². The van der Waals surface area contributed by atoms with Crippen LogP contribution in [-0.2, 0) is 61.7 Å². The van der Waals surface area contributed by atoms with Gasteiger partial charge in [-0.1, -0.05) is 182 Å². The summed E-state index contributed by atoms with van der Waals surface area (Å²) >= 11 is 7.97. The van der Waals surface area contributed by atoms with Crippen LogP contribution >= 0.6 is 70.6 Å². The van der Waals surface area contributed by atoms with Crippen molar-refractivity contribution < 1.29 is 123 Å². The highest BCUT2D eigenvalue weighted by Crippen LogP contribution is 2.57. The third-order valence-corrected chi connectivity index (χ3v) is 34.2. The molecule has 12 aliphatic heterocycles. The molecule has 0 aromatic heterocycles. The molecule has 18 atom stereocenters. The molecule has 0 spiro atoms. The van der Waals surface area contributed by atoms with Crippen molar-refractivity contribution in [3.8, 4) is 0 Å². The number of nitro benzene ring substituents is 1. The van der Waals surface area contributed by atoms with Gasteiger partial charge in [0.15, 0.2) is 103 Å². The van der Waals surface area contributed by atoms with Crippen LogP contribution in [0.3, 0.4) is 0 Å². The van der Waals surface area contributed by atoms with Crippen molar-refractivity contribution in [3.05, 3.63) is 318 Å². The van der Waals surface area contributed by atoms with Gasteiger partial charge in [0.25, 0.3) is 5.69 Å². The molecule has 21 rings (SSSR count). The number of aliphatic imine (C=N–C) groups is 6.